The van der Waals surface area contributed by atoms with Crippen LogP contribution in [-0.4, -0.2) is 6.10 Å². The number of ether oxygens (including phenoxy) is 1. The first-order valence-electron chi connectivity index (χ1n) is 7.09. The highest BCUT2D eigenvalue weighted by Crippen LogP contribution is 2.31. The van der Waals surface area contributed by atoms with Gasteiger partial charge < -0.3 is 10.5 Å². The Balaban J connectivity index is 2.09. The van der Waals surface area contributed by atoms with Crippen molar-refractivity contribution in [3.05, 3.63) is 29.3 Å². The molecular weight excluding hydrogens is 222 g/mol. The van der Waals surface area contributed by atoms with Crippen LogP contribution in [0.15, 0.2) is 18.2 Å². The molecule has 0 radical (unpaired) electrons. The number of hydrogen-bond acceptors (Lipinski definition) is 2. The molecule has 1 atom stereocenters. The van der Waals surface area contributed by atoms with E-state index in [4.69, 9.17) is 10.5 Å². The molecule has 1 aromatic rings. The third kappa shape index (κ3) is 3.26. The Morgan fingerprint density at radius 1 is 1.22 bits per heavy atom. The zero-order valence-electron chi connectivity index (χ0n) is 11.8. The van der Waals surface area contributed by atoms with Gasteiger partial charge >= 0.3 is 0 Å². The molecule has 0 spiro atoms. The summed E-state index contributed by atoms with van der Waals surface area (Å²) < 4.78 is 6.17. The summed E-state index contributed by atoms with van der Waals surface area (Å²) in [5, 5.41) is 0. The molecule has 1 saturated carbocycles. The summed E-state index contributed by atoms with van der Waals surface area (Å²) in [6.45, 7) is 6.44. The number of benzene rings is 1. The van der Waals surface area contributed by atoms with Crippen molar-refractivity contribution < 1.29 is 4.74 Å². The minimum atomic E-state index is 0.0300. The molecule has 1 aliphatic rings. The van der Waals surface area contributed by atoms with Gasteiger partial charge in [0, 0.05) is 11.6 Å². The minimum Gasteiger partial charge on any atom is -0.490 e. The van der Waals surface area contributed by atoms with Crippen molar-refractivity contribution in [2.75, 3.05) is 0 Å². The van der Waals surface area contributed by atoms with Gasteiger partial charge in [-0.15, -0.1) is 0 Å². The first-order valence-corrected chi connectivity index (χ1v) is 7.09. The Kier molecular flexibility index (Phi) is 4.28. The molecule has 0 saturated heterocycles. The van der Waals surface area contributed by atoms with Crippen LogP contribution in [0.5, 0.6) is 5.75 Å². The molecule has 1 fully saturated rings. The Morgan fingerprint density at radius 3 is 2.50 bits per heavy atom. The van der Waals surface area contributed by atoms with Crippen molar-refractivity contribution in [2.45, 2.75) is 58.6 Å². The van der Waals surface area contributed by atoms with E-state index in [1.54, 1.807) is 0 Å². The quantitative estimate of drug-likeness (QED) is 0.877. The molecule has 0 aliphatic heterocycles. The van der Waals surface area contributed by atoms with E-state index in [1.165, 1.54) is 31.2 Å². The Morgan fingerprint density at radius 2 is 1.89 bits per heavy atom. The summed E-state index contributed by atoms with van der Waals surface area (Å²) in [5.41, 5.74) is 8.41. The summed E-state index contributed by atoms with van der Waals surface area (Å²) in [6, 6.07) is 6.35. The Labute approximate surface area is 111 Å². The average molecular weight is 247 g/mol. The molecule has 100 valence electrons. The van der Waals surface area contributed by atoms with Gasteiger partial charge in [0.2, 0.25) is 0 Å². The van der Waals surface area contributed by atoms with E-state index in [-0.39, 0.29) is 6.04 Å². The smallest absolute Gasteiger partial charge is 0.124 e. The Bertz CT molecular complexity index is 392. The fourth-order valence-electron chi connectivity index (χ4n) is 2.66. The zero-order chi connectivity index (χ0) is 13.1. The van der Waals surface area contributed by atoms with Crippen molar-refractivity contribution in [2.24, 2.45) is 11.7 Å². The van der Waals surface area contributed by atoms with E-state index < -0.39 is 0 Å². The third-order valence-electron chi connectivity index (χ3n) is 3.91. The lowest BCUT2D eigenvalue weighted by molar-refractivity contribution is 0.134. The zero-order valence-corrected chi connectivity index (χ0v) is 11.8. The molecule has 2 nitrogen and oxygen atoms in total. The van der Waals surface area contributed by atoms with Gasteiger partial charge in [-0.3, -0.25) is 0 Å². The van der Waals surface area contributed by atoms with Crippen molar-refractivity contribution in [1.82, 2.24) is 0 Å². The molecule has 0 heterocycles. The maximum atomic E-state index is 6.17. The fraction of sp³-hybridized carbons (Fsp3) is 0.625. The lowest BCUT2D eigenvalue weighted by atomic mass is 9.89. The summed E-state index contributed by atoms with van der Waals surface area (Å²) in [4.78, 5) is 0. The summed E-state index contributed by atoms with van der Waals surface area (Å²) in [7, 11) is 0. The van der Waals surface area contributed by atoms with Gasteiger partial charge in [-0.25, -0.2) is 0 Å². The normalized spacial score (nSPS) is 25.8. The highest BCUT2D eigenvalue weighted by atomic mass is 16.5. The van der Waals surface area contributed by atoms with Crippen LogP contribution in [0.25, 0.3) is 0 Å². The van der Waals surface area contributed by atoms with Crippen LogP contribution in [0.1, 0.15) is 56.7 Å². The van der Waals surface area contributed by atoms with Crippen molar-refractivity contribution in [3.8, 4) is 5.75 Å². The largest absolute Gasteiger partial charge is 0.490 e. The van der Waals surface area contributed by atoms with Gasteiger partial charge in [0.05, 0.1) is 6.10 Å². The van der Waals surface area contributed by atoms with E-state index in [2.05, 4.69) is 32.0 Å². The second-order valence-electron chi connectivity index (χ2n) is 5.83. The van der Waals surface area contributed by atoms with Gasteiger partial charge in [0.1, 0.15) is 5.75 Å². The van der Waals surface area contributed by atoms with Crippen molar-refractivity contribution in [1.29, 1.82) is 0 Å². The van der Waals surface area contributed by atoms with Crippen LogP contribution in [0.3, 0.4) is 0 Å². The molecule has 2 heteroatoms. The van der Waals surface area contributed by atoms with E-state index >= 15 is 0 Å². The van der Waals surface area contributed by atoms with Crippen molar-refractivity contribution >= 4 is 0 Å². The molecule has 18 heavy (non-hydrogen) atoms. The maximum Gasteiger partial charge on any atom is 0.124 e. The summed E-state index contributed by atoms with van der Waals surface area (Å²) in [6.07, 6.45) is 5.29. The molecule has 1 aromatic carbocycles. The molecular formula is C16H25NO. The second-order valence-corrected chi connectivity index (χ2v) is 5.83. The first kappa shape index (κ1) is 13.4. The van der Waals surface area contributed by atoms with Gasteiger partial charge in [0.25, 0.3) is 0 Å². The monoisotopic (exact) mass is 247 g/mol. The second kappa shape index (κ2) is 5.75. The van der Waals surface area contributed by atoms with Crippen molar-refractivity contribution in [3.63, 3.8) is 0 Å². The molecule has 0 unspecified atom stereocenters. The number of nitrogens with two attached hydrogens (primary N) is 1. The van der Waals surface area contributed by atoms with Gasteiger partial charge in [-0.1, -0.05) is 24.6 Å². The molecule has 1 aliphatic carbocycles. The molecule has 2 N–H and O–H groups in total. The van der Waals surface area contributed by atoms with E-state index in [1.807, 2.05) is 6.92 Å². The average Bonchev–Trinajstić information content (AvgIpc) is 2.34. The van der Waals surface area contributed by atoms with Gasteiger partial charge in [-0.2, -0.15) is 0 Å². The van der Waals surface area contributed by atoms with E-state index in [0.29, 0.717) is 6.10 Å². The minimum absolute atomic E-state index is 0.0300. The summed E-state index contributed by atoms with van der Waals surface area (Å²) >= 11 is 0. The molecule has 0 aromatic heterocycles. The highest BCUT2D eigenvalue weighted by Gasteiger charge is 2.20. The number of aryl methyl sites for hydroxylation is 1. The molecule has 2 rings (SSSR count). The standard InChI is InChI=1S/C16H25NO/c1-11-4-7-14(8-5-11)18-16-9-6-12(2)10-15(16)13(3)17/h6,9-11,13-14H,4-5,7-8,17H2,1-3H3/t11?,13-,14?/m1/s1. The van der Waals surface area contributed by atoms with E-state index in [0.717, 1.165) is 17.2 Å². The van der Waals surface area contributed by atoms with Crippen LogP contribution >= 0.6 is 0 Å². The SMILES string of the molecule is Cc1ccc(OC2CCC(C)CC2)c([C@@H](C)N)c1. The van der Waals surface area contributed by atoms with Gasteiger partial charge in [-0.05, 0) is 51.5 Å². The highest BCUT2D eigenvalue weighted by molar-refractivity contribution is 5.38. The predicted octanol–water partition coefficient (Wildman–Crippen LogP) is 3.97. The number of rotatable bonds is 3. The lowest BCUT2D eigenvalue weighted by Crippen LogP contribution is -2.24. The summed E-state index contributed by atoms with van der Waals surface area (Å²) in [5.74, 6) is 1.84. The van der Waals surface area contributed by atoms with Crippen LogP contribution in [-0.2, 0) is 0 Å². The van der Waals surface area contributed by atoms with Crippen LogP contribution in [0.2, 0.25) is 0 Å². The van der Waals surface area contributed by atoms with Gasteiger partial charge in [0.15, 0.2) is 0 Å². The number of hydrogen-bond donors (Lipinski definition) is 1. The first-order chi connectivity index (χ1) is 8.56. The third-order valence-corrected chi connectivity index (χ3v) is 3.91. The fourth-order valence-corrected chi connectivity index (χ4v) is 2.66. The molecule has 0 bridgehead atoms. The predicted molar refractivity (Wildman–Crippen MR) is 75.8 cm³/mol. The van der Waals surface area contributed by atoms with Crippen LogP contribution < -0.4 is 10.5 Å². The maximum absolute atomic E-state index is 6.17. The van der Waals surface area contributed by atoms with Crippen LogP contribution in [0.4, 0.5) is 0 Å². The van der Waals surface area contributed by atoms with Crippen LogP contribution in [0, 0.1) is 12.8 Å². The Hall–Kier alpha value is -1.02. The van der Waals surface area contributed by atoms with E-state index in [9.17, 15) is 0 Å². The topological polar surface area (TPSA) is 35.2 Å². The molecule has 0 amide bonds. The lowest BCUT2D eigenvalue weighted by Gasteiger charge is -2.28.